The van der Waals surface area contributed by atoms with Gasteiger partial charge in [-0.2, -0.15) is 0 Å². The van der Waals surface area contributed by atoms with Crippen molar-refractivity contribution in [1.29, 1.82) is 0 Å². The topological polar surface area (TPSA) is 33.1 Å². The minimum Gasteiger partial charge on any atom is -0.392 e. The van der Waals surface area contributed by atoms with E-state index < -0.39 is 0 Å². The van der Waals surface area contributed by atoms with Crippen molar-refractivity contribution in [3.05, 3.63) is 27.5 Å². The van der Waals surface area contributed by atoms with Crippen molar-refractivity contribution in [3.63, 3.8) is 0 Å². The van der Waals surface area contributed by atoms with Gasteiger partial charge in [-0.05, 0) is 40.9 Å². The molecule has 0 aromatic carbocycles. The zero-order chi connectivity index (χ0) is 8.43. The van der Waals surface area contributed by atoms with Crippen molar-refractivity contribution in [2.45, 2.75) is 20.5 Å². The third kappa shape index (κ3) is 1.60. The maximum Gasteiger partial charge on any atom is 0.0699 e. The Hall–Kier alpha value is -0.410. The molecule has 0 aliphatic rings. The highest BCUT2D eigenvalue weighted by Gasteiger charge is 2.03. The van der Waals surface area contributed by atoms with Crippen molar-refractivity contribution in [1.82, 2.24) is 4.98 Å². The zero-order valence-electron chi connectivity index (χ0n) is 6.56. The number of rotatable bonds is 1. The first-order chi connectivity index (χ1) is 5.16. The Morgan fingerprint density at radius 2 is 2.18 bits per heavy atom. The van der Waals surface area contributed by atoms with Crippen LogP contribution in [0.2, 0.25) is 0 Å². The number of aliphatic hydroxyl groups is 1. The van der Waals surface area contributed by atoms with Crippen LogP contribution in [0.5, 0.6) is 0 Å². The number of aliphatic hydroxyl groups excluding tert-OH is 1. The summed E-state index contributed by atoms with van der Waals surface area (Å²) >= 11 is 3.40. The highest BCUT2D eigenvalue weighted by atomic mass is 79.9. The third-order valence-electron chi connectivity index (χ3n) is 1.71. The van der Waals surface area contributed by atoms with Gasteiger partial charge in [0, 0.05) is 10.7 Å². The SMILES string of the molecule is Cc1ncc(CO)c(C)c1Br. The molecular weight excluding hydrogens is 206 g/mol. The summed E-state index contributed by atoms with van der Waals surface area (Å²) in [6.07, 6.45) is 1.70. The first kappa shape index (κ1) is 8.68. The normalized spacial score (nSPS) is 10.2. The lowest BCUT2D eigenvalue weighted by Crippen LogP contribution is -1.94. The second kappa shape index (κ2) is 3.32. The van der Waals surface area contributed by atoms with Crippen molar-refractivity contribution in [2.75, 3.05) is 0 Å². The fourth-order valence-corrected chi connectivity index (χ4v) is 1.26. The van der Waals surface area contributed by atoms with Gasteiger partial charge < -0.3 is 5.11 Å². The van der Waals surface area contributed by atoms with Gasteiger partial charge >= 0.3 is 0 Å². The summed E-state index contributed by atoms with van der Waals surface area (Å²) in [7, 11) is 0. The predicted molar refractivity (Wildman–Crippen MR) is 47.3 cm³/mol. The van der Waals surface area contributed by atoms with Gasteiger partial charge in [-0.25, -0.2) is 0 Å². The van der Waals surface area contributed by atoms with E-state index in [0.717, 1.165) is 21.3 Å². The second-order valence-corrected chi connectivity index (χ2v) is 3.26. The Morgan fingerprint density at radius 1 is 1.55 bits per heavy atom. The van der Waals surface area contributed by atoms with Gasteiger partial charge in [-0.1, -0.05) is 0 Å². The molecule has 1 N–H and O–H groups in total. The van der Waals surface area contributed by atoms with Crippen LogP contribution < -0.4 is 0 Å². The smallest absolute Gasteiger partial charge is 0.0699 e. The van der Waals surface area contributed by atoms with Crippen LogP contribution in [0, 0.1) is 13.8 Å². The number of hydrogen-bond acceptors (Lipinski definition) is 2. The quantitative estimate of drug-likeness (QED) is 0.778. The molecule has 1 heterocycles. The van der Waals surface area contributed by atoms with E-state index in [4.69, 9.17) is 5.11 Å². The largest absolute Gasteiger partial charge is 0.392 e. The van der Waals surface area contributed by atoms with Crippen LogP contribution in [0.1, 0.15) is 16.8 Å². The molecule has 0 fully saturated rings. The minimum atomic E-state index is 0.0533. The second-order valence-electron chi connectivity index (χ2n) is 2.47. The number of pyridine rings is 1. The van der Waals surface area contributed by atoms with Crippen LogP contribution in [0.15, 0.2) is 10.7 Å². The molecule has 0 aliphatic heterocycles. The molecule has 0 unspecified atom stereocenters. The maximum atomic E-state index is 8.87. The van der Waals surface area contributed by atoms with Gasteiger partial charge in [-0.3, -0.25) is 4.98 Å². The van der Waals surface area contributed by atoms with E-state index in [-0.39, 0.29) is 6.61 Å². The molecule has 0 amide bonds. The Morgan fingerprint density at radius 3 is 2.73 bits per heavy atom. The van der Waals surface area contributed by atoms with E-state index in [0.29, 0.717) is 0 Å². The van der Waals surface area contributed by atoms with Crippen LogP contribution in [0.4, 0.5) is 0 Å². The van der Waals surface area contributed by atoms with Gasteiger partial charge in [0.1, 0.15) is 0 Å². The fraction of sp³-hybridized carbons (Fsp3) is 0.375. The van der Waals surface area contributed by atoms with Crippen LogP contribution in [0.25, 0.3) is 0 Å². The molecule has 1 rings (SSSR count). The number of halogens is 1. The van der Waals surface area contributed by atoms with Crippen LogP contribution in [-0.4, -0.2) is 10.1 Å². The van der Waals surface area contributed by atoms with E-state index in [1.807, 2.05) is 13.8 Å². The van der Waals surface area contributed by atoms with Crippen LogP contribution in [-0.2, 0) is 6.61 Å². The number of aromatic nitrogens is 1. The molecule has 1 aromatic heterocycles. The first-order valence-electron chi connectivity index (χ1n) is 3.38. The van der Waals surface area contributed by atoms with E-state index in [2.05, 4.69) is 20.9 Å². The molecule has 60 valence electrons. The Kier molecular flexibility index (Phi) is 2.62. The van der Waals surface area contributed by atoms with Gasteiger partial charge in [0.05, 0.1) is 12.3 Å². The molecule has 2 nitrogen and oxygen atoms in total. The molecule has 0 bridgehead atoms. The highest BCUT2D eigenvalue weighted by molar-refractivity contribution is 9.10. The summed E-state index contributed by atoms with van der Waals surface area (Å²) < 4.78 is 0.990. The van der Waals surface area contributed by atoms with E-state index in [1.54, 1.807) is 6.20 Å². The monoisotopic (exact) mass is 215 g/mol. The Balaban J connectivity index is 3.25. The molecule has 3 heteroatoms. The minimum absolute atomic E-state index is 0.0533. The number of nitrogens with zero attached hydrogens (tertiary/aromatic N) is 1. The Bertz CT molecular complexity index is 273. The molecular formula is C8H10BrNO. The predicted octanol–water partition coefficient (Wildman–Crippen LogP) is 1.95. The number of hydrogen-bond donors (Lipinski definition) is 1. The van der Waals surface area contributed by atoms with E-state index >= 15 is 0 Å². The molecule has 0 atom stereocenters. The summed E-state index contributed by atoms with van der Waals surface area (Å²) in [5.74, 6) is 0. The molecule has 0 aliphatic carbocycles. The lowest BCUT2D eigenvalue weighted by Gasteiger charge is -2.05. The summed E-state index contributed by atoms with van der Waals surface area (Å²) in [6.45, 7) is 3.94. The van der Waals surface area contributed by atoms with Gasteiger partial charge in [0.25, 0.3) is 0 Å². The van der Waals surface area contributed by atoms with Crippen LogP contribution >= 0.6 is 15.9 Å². The fourth-order valence-electron chi connectivity index (χ4n) is 0.900. The number of aryl methyl sites for hydroxylation is 1. The summed E-state index contributed by atoms with van der Waals surface area (Å²) in [5, 5.41) is 8.87. The van der Waals surface area contributed by atoms with Crippen LogP contribution in [0.3, 0.4) is 0 Å². The molecule has 0 spiro atoms. The van der Waals surface area contributed by atoms with E-state index in [1.165, 1.54) is 0 Å². The first-order valence-corrected chi connectivity index (χ1v) is 4.17. The lowest BCUT2D eigenvalue weighted by atomic mass is 10.1. The van der Waals surface area contributed by atoms with Gasteiger partial charge in [0.15, 0.2) is 0 Å². The van der Waals surface area contributed by atoms with Crippen molar-refractivity contribution >= 4 is 15.9 Å². The van der Waals surface area contributed by atoms with Crippen molar-refractivity contribution in [3.8, 4) is 0 Å². The maximum absolute atomic E-state index is 8.87. The van der Waals surface area contributed by atoms with Gasteiger partial charge in [-0.15, -0.1) is 0 Å². The summed E-state index contributed by atoms with van der Waals surface area (Å²) in [6, 6.07) is 0. The van der Waals surface area contributed by atoms with E-state index in [9.17, 15) is 0 Å². The molecule has 0 saturated carbocycles. The Labute approximate surface area is 74.4 Å². The highest BCUT2D eigenvalue weighted by Crippen LogP contribution is 2.21. The summed E-state index contributed by atoms with van der Waals surface area (Å²) in [5.41, 5.74) is 2.90. The lowest BCUT2D eigenvalue weighted by molar-refractivity contribution is 0.280. The zero-order valence-corrected chi connectivity index (χ0v) is 8.14. The summed E-state index contributed by atoms with van der Waals surface area (Å²) in [4.78, 5) is 4.10. The average Bonchev–Trinajstić information content (AvgIpc) is 2.01. The molecule has 0 radical (unpaired) electrons. The van der Waals surface area contributed by atoms with Crippen molar-refractivity contribution in [2.24, 2.45) is 0 Å². The molecule has 1 aromatic rings. The third-order valence-corrected chi connectivity index (χ3v) is 2.88. The molecule has 11 heavy (non-hydrogen) atoms. The average molecular weight is 216 g/mol. The molecule has 0 saturated heterocycles. The van der Waals surface area contributed by atoms with Gasteiger partial charge in [0.2, 0.25) is 0 Å². The van der Waals surface area contributed by atoms with Crippen molar-refractivity contribution < 1.29 is 5.11 Å². The standard InChI is InChI=1S/C8H10BrNO/c1-5-7(4-11)3-10-6(2)8(5)9/h3,11H,4H2,1-2H3.